The predicted molar refractivity (Wildman–Crippen MR) is 117 cm³/mol. The molecule has 0 spiro atoms. The van der Waals surface area contributed by atoms with Crippen LogP contribution in [0.2, 0.25) is 0 Å². The highest BCUT2D eigenvalue weighted by atomic mass is 32.2. The number of ether oxygens (including phenoxy) is 1. The molecule has 2 heterocycles. The summed E-state index contributed by atoms with van der Waals surface area (Å²) >= 11 is 0. The summed E-state index contributed by atoms with van der Waals surface area (Å²) in [7, 11) is -3.58. The monoisotopic (exact) mass is 431 g/mol. The van der Waals surface area contributed by atoms with Crippen LogP contribution < -0.4 is 10.1 Å². The van der Waals surface area contributed by atoms with Crippen molar-refractivity contribution in [3.63, 3.8) is 0 Å². The second-order valence-electron chi connectivity index (χ2n) is 8.26. The van der Waals surface area contributed by atoms with E-state index in [1.807, 2.05) is 39.0 Å². The van der Waals surface area contributed by atoms with Crippen molar-refractivity contribution in [3.05, 3.63) is 41.1 Å². The van der Waals surface area contributed by atoms with Gasteiger partial charge in [0.2, 0.25) is 15.8 Å². The highest BCUT2D eigenvalue weighted by Gasteiger charge is 2.20. The zero-order chi connectivity index (χ0) is 22.1. The van der Waals surface area contributed by atoms with E-state index in [9.17, 15) is 8.42 Å². The molecule has 2 aromatic heterocycles. The molecule has 0 unspecified atom stereocenters. The normalized spacial score (nSPS) is 12.1. The fourth-order valence-electron chi connectivity index (χ4n) is 2.94. The predicted octanol–water partition coefficient (Wildman–Crippen LogP) is 3.61. The minimum absolute atomic E-state index is 0.144. The summed E-state index contributed by atoms with van der Waals surface area (Å²) in [6.07, 6.45) is 2.81. The van der Waals surface area contributed by atoms with E-state index in [1.165, 1.54) is 0 Å². The Bertz CT molecular complexity index is 1150. The van der Waals surface area contributed by atoms with Crippen molar-refractivity contribution in [2.45, 2.75) is 52.2 Å². The lowest BCUT2D eigenvalue weighted by atomic mass is 10.1. The Balaban J connectivity index is 1.98. The molecule has 30 heavy (non-hydrogen) atoms. The summed E-state index contributed by atoms with van der Waals surface area (Å²) in [5.74, 6) is 1.67. The van der Waals surface area contributed by atoms with Gasteiger partial charge in [-0.05, 0) is 30.4 Å². The van der Waals surface area contributed by atoms with Crippen LogP contribution in [0.25, 0.3) is 5.65 Å². The Hall–Kier alpha value is -2.68. The number of anilines is 1. The highest BCUT2D eigenvalue weighted by Crippen LogP contribution is 2.24. The van der Waals surface area contributed by atoms with E-state index in [-0.39, 0.29) is 11.1 Å². The van der Waals surface area contributed by atoms with Crippen molar-refractivity contribution in [1.29, 1.82) is 0 Å². The lowest BCUT2D eigenvalue weighted by molar-refractivity contribution is 0.268. The average Bonchev–Trinajstić information content (AvgIpc) is 3.09. The molecule has 3 aromatic rings. The second-order valence-corrected chi connectivity index (χ2v) is 10.2. The molecule has 1 N–H and O–H groups in total. The van der Waals surface area contributed by atoms with Crippen LogP contribution in [0, 0.1) is 12.8 Å². The second kappa shape index (κ2) is 8.59. The summed E-state index contributed by atoms with van der Waals surface area (Å²) in [6, 6.07) is 6.01. The van der Waals surface area contributed by atoms with E-state index in [1.54, 1.807) is 10.7 Å². The molecule has 0 fully saturated rings. The van der Waals surface area contributed by atoms with Crippen molar-refractivity contribution in [3.8, 4) is 5.75 Å². The van der Waals surface area contributed by atoms with Crippen LogP contribution in [0.4, 0.5) is 5.95 Å². The van der Waals surface area contributed by atoms with Crippen LogP contribution in [0.3, 0.4) is 0 Å². The van der Waals surface area contributed by atoms with Crippen molar-refractivity contribution in [2.24, 2.45) is 5.92 Å². The van der Waals surface area contributed by atoms with Gasteiger partial charge in [0, 0.05) is 23.9 Å². The van der Waals surface area contributed by atoms with Crippen LogP contribution in [-0.2, 0) is 16.4 Å². The van der Waals surface area contributed by atoms with Crippen LogP contribution in [0.1, 0.15) is 50.3 Å². The number of hydrogen-bond acceptors (Lipinski definition) is 7. The molecule has 162 valence electrons. The molecular formula is C21H29N5O3S. The minimum atomic E-state index is -3.58. The summed E-state index contributed by atoms with van der Waals surface area (Å²) in [5.41, 5.74) is 3.41. The first-order valence-corrected chi connectivity index (χ1v) is 11.9. The van der Waals surface area contributed by atoms with Crippen molar-refractivity contribution >= 4 is 21.4 Å². The quantitative estimate of drug-likeness (QED) is 0.582. The Kier molecular flexibility index (Phi) is 6.30. The maximum Gasteiger partial charge on any atom is 0.252 e. The third-order valence-electron chi connectivity index (χ3n) is 4.56. The van der Waals surface area contributed by atoms with Crippen molar-refractivity contribution < 1.29 is 13.2 Å². The highest BCUT2D eigenvalue weighted by molar-refractivity contribution is 7.90. The topological polar surface area (TPSA) is 98.5 Å². The fourth-order valence-corrected chi connectivity index (χ4v) is 3.44. The Morgan fingerprint density at radius 3 is 2.53 bits per heavy atom. The lowest BCUT2D eigenvalue weighted by Gasteiger charge is -2.15. The van der Waals surface area contributed by atoms with Crippen LogP contribution in [0.15, 0.2) is 29.6 Å². The number of hydrogen-bond donors (Lipinski definition) is 1. The smallest absolute Gasteiger partial charge is 0.252 e. The van der Waals surface area contributed by atoms with Gasteiger partial charge < -0.3 is 10.1 Å². The molecule has 1 aromatic carbocycles. The van der Waals surface area contributed by atoms with E-state index in [0.29, 0.717) is 30.7 Å². The van der Waals surface area contributed by atoms with Crippen LogP contribution in [0.5, 0.6) is 5.75 Å². The standard InChI is InChI=1S/C21H29N5O3S/c1-13(2)12-29-18-9-15(5)7-8-16(18)10-22-20-25-21(30(6,27)28)24-19-17(14(3)4)11-23-26(19)20/h7-9,11,13-14H,10,12H2,1-6H3,(H,22,24,25). The number of aromatic nitrogens is 4. The van der Waals surface area contributed by atoms with Gasteiger partial charge in [0.05, 0.1) is 12.8 Å². The Morgan fingerprint density at radius 2 is 1.90 bits per heavy atom. The number of fused-ring (bicyclic) bond motifs is 1. The van der Waals surface area contributed by atoms with E-state index >= 15 is 0 Å². The van der Waals surface area contributed by atoms with Gasteiger partial charge in [0.25, 0.3) is 5.16 Å². The first-order valence-electron chi connectivity index (χ1n) is 9.98. The summed E-state index contributed by atoms with van der Waals surface area (Å²) in [4.78, 5) is 8.49. The summed E-state index contributed by atoms with van der Waals surface area (Å²) in [5, 5.41) is 7.37. The largest absolute Gasteiger partial charge is 0.493 e. The lowest BCUT2D eigenvalue weighted by Crippen LogP contribution is -2.14. The molecule has 0 radical (unpaired) electrons. The van der Waals surface area contributed by atoms with Crippen LogP contribution in [-0.4, -0.2) is 40.9 Å². The molecule has 0 aliphatic carbocycles. The molecule has 9 heteroatoms. The molecule has 0 saturated carbocycles. The maximum absolute atomic E-state index is 12.1. The maximum atomic E-state index is 12.1. The number of nitrogens with zero attached hydrogens (tertiary/aromatic N) is 4. The molecule has 3 rings (SSSR count). The van der Waals surface area contributed by atoms with Gasteiger partial charge in [-0.1, -0.05) is 39.8 Å². The zero-order valence-corrected chi connectivity index (χ0v) is 19.1. The van der Waals surface area contributed by atoms with E-state index < -0.39 is 9.84 Å². The molecule has 0 atom stereocenters. The van der Waals surface area contributed by atoms with Gasteiger partial charge in [-0.2, -0.15) is 19.6 Å². The van der Waals surface area contributed by atoms with Crippen molar-refractivity contribution in [2.75, 3.05) is 18.2 Å². The zero-order valence-electron chi connectivity index (χ0n) is 18.3. The number of benzene rings is 1. The van der Waals surface area contributed by atoms with E-state index in [2.05, 4.69) is 34.2 Å². The average molecular weight is 432 g/mol. The van der Waals surface area contributed by atoms with Gasteiger partial charge in [-0.15, -0.1) is 0 Å². The summed E-state index contributed by atoms with van der Waals surface area (Å²) in [6.45, 7) is 11.3. The van der Waals surface area contributed by atoms with Crippen LogP contribution >= 0.6 is 0 Å². The first-order chi connectivity index (χ1) is 14.1. The van der Waals surface area contributed by atoms with Gasteiger partial charge in [-0.3, -0.25) is 0 Å². The van der Waals surface area contributed by atoms with Gasteiger partial charge in [0.1, 0.15) is 5.75 Å². The molecule has 0 bridgehead atoms. The fraction of sp³-hybridized carbons (Fsp3) is 0.476. The number of rotatable bonds is 8. The van der Waals surface area contributed by atoms with Gasteiger partial charge in [-0.25, -0.2) is 8.42 Å². The van der Waals surface area contributed by atoms with E-state index in [0.717, 1.165) is 28.7 Å². The molecular weight excluding hydrogens is 402 g/mol. The summed E-state index contributed by atoms with van der Waals surface area (Å²) < 4.78 is 31.8. The number of nitrogens with one attached hydrogen (secondary N) is 1. The molecule has 8 nitrogen and oxygen atoms in total. The van der Waals surface area contributed by atoms with Gasteiger partial charge in [0.15, 0.2) is 5.65 Å². The van der Waals surface area contributed by atoms with E-state index in [4.69, 9.17) is 4.74 Å². The third kappa shape index (κ3) is 4.89. The van der Waals surface area contributed by atoms with Gasteiger partial charge >= 0.3 is 0 Å². The SMILES string of the molecule is Cc1ccc(CNc2nc(S(C)(=O)=O)nc3c(C(C)C)cnn23)c(OCC(C)C)c1. The molecule has 0 amide bonds. The first kappa shape index (κ1) is 22.0. The molecule has 0 saturated heterocycles. The number of aryl methyl sites for hydroxylation is 1. The minimum Gasteiger partial charge on any atom is -0.493 e. The molecule has 0 aliphatic heterocycles. The third-order valence-corrected chi connectivity index (χ3v) is 5.41. The Morgan fingerprint density at radius 1 is 1.17 bits per heavy atom. The Labute approximate surface area is 177 Å². The number of sulfone groups is 1. The molecule has 0 aliphatic rings. The van der Waals surface area contributed by atoms with Crippen molar-refractivity contribution in [1.82, 2.24) is 19.6 Å².